The van der Waals surface area contributed by atoms with E-state index in [-0.39, 0.29) is 37.8 Å². The maximum atomic E-state index is 14.3. The molecule has 0 spiro atoms. The molecule has 1 aromatic heterocycles. The van der Waals surface area contributed by atoms with E-state index in [1.165, 1.54) is 11.0 Å². The summed E-state index contributed by atoms with van der Waals surface area (Å²) in [5.41, 5.74) is -1.45. The molecule has 1 aliphatic heterocycles. The Hall–Kier alpha value is -3.66. The van der Waals surface area contributed by atoms with Gasteiger partial charge in [-0.3, -0.25) is 19.4 Å². The number of carbonyl (C=O) groups is 4. The number of amides is 2. The number of fused-ring (bicyclic) bond motifs is 1. The first-order chi connectivity index (χ1) is 20.8. The lowest BCUT2D eigenvalue weighted by Gasteiger charge is -2.35. The van der Waals surface area contributed by atoms with Crippen LogP contribution in [-0.2, 0) is 23.9 Å². The summed E-state index contributed by atoms with van der Waals surface area (Å²) >= 11 is 6.15. The first kappa shape index (κ1) is 31.8. The van der Waals surface area contributed by atoms with Gasteiger partial charge in [0, 0.05) is 28.9 Å². The van der Waals surface area contributed by atoms with Crippen LogP contribution in [0.5, 0.6) is 5.75 Å². The van der Waals surface area contributed by atoms with E-state index in [1.54, 1.807) is 30.5 Å². The van der Waals surface area contributed by atoms with Crippen molar-refractivity contribution in [2.45, 2.75) is 89.5 Å². The number of halogens is 1. The number of carboxylic acids is 1. The summed E-state index contributed by atoms with van der Waals surface area (Å²) in [4.78, 5) is 59.0. The topological polar surface area (TPSA) is 135 Å². The van der Waals surface area contributed by atoms with Gasteiger partial charge in [-0.2, -0.15) is 0 Å². The van der Waals surface area contributed by atoms with Crippen molar-refractivity contribution in [3.8, 4) is 5.75 Å². The van der Waals surface area contributed by atoms with Gasteiger partial charge in [0.05, 0.1) is 24.4 Å². The molecule has 236 valence electrons. The minimum Gasteiger partial charge on any atom is -0.488 e. The zero-order valence-electron chi connectivity index (χ0n) is 25.4. The molecule has 0 radical (unpaired) electrons. The molecule has 1 aromatic carbocycles. The first-order valence-electron chi connectivity index (χ1n) is 15.2. The number of hydrogen-bond acceptors (Lipinski definition) is 7. The molecule has 44 heavy (non-hydrogen) atoms. The quantitative estimate of drug-likeness (QED) is 0.281. The van der Waals surface area contributed by atoms with Crippen molar-refractivity contribution in [1.29, 1.82) is 0 Å². The Morgan fingerprint density at radius 1 is 1.20 bits per heavy atom. The number of carboxylic acid groups (broad SMARTS) is 1. The standard InChI is InChI=1S/C33H40ClN3O7/c1-5-19-17-33(19,31(41)42)36-29(39)26-15-22(43-27-12-13-35-25-14-20(34)10-11-23(25)27)18-37(26)30(40)24(32(2,3)4)16-28(38)44-21-8-6-7-9-21/h5,10-14,19,21-22,24,26H,1,6-9,15-18H2,2-4H3,(H,36,39)(H,41,42)/t19-,22-,24-,26+,33-/m1/s1. The number of hydrogen-bond donors (Lipinski definition) is 2. The van der Waals surface area contributed by atoms with Crippen LogP contribution in [0.2, 0.25) is 5.02 Å². The number of aliphatic carboxylic acids is 1. The van der Waals surface area contributed by atoms with Crippen molar-refractivity contribution in [2.75, 3.05) is 6.54 Å². The summed E-state index contributed by atoms with van der Waals surface area (Å²) in [6.07, 6.45) is 6.29. The van der Waals surface area contributed by atoms with Crippen molar-refractivity contribution < 1.29 is 33.8 Å². The number of carbonyl (C=O) groups excluding carboxylic acids is 3. The average Bonchev–Trinajstić information content (AvgIpc) is 3.24. The van der Waals surface area contributed by atoms with Crippen LogP contribution in [0, 0.1) is 17.3 Å². The minimum absolute atomic E-state index is 0.0730. The normalized spacial score (nSPS) is 25.8. The van der Waals surface area contributed by atoms with Crippen LogP contribution in [0.25, 0.3) is 10.9 Å². The molecule has 5 rings (SSSR count). The summed E-state index contributed by atoms with van der Waals surface area (Å²) < 4.78 is 12.1. The Balaban J connectivity index is 1.41. The average molecular weight is 626 g/mol. The highest BCUT2D eigenvalue weighted by atomic mass is 35.5. The van der Waals surface area contributed by atoms with E-state index >= 15 is 0 Å². The molecular weight excluding hydrogens is 586 g/mol. The van der Waals surface area contributed by atoms with Crippen molar-refractivity contribution >= 4 is 46.3 Å². The van der Waals surface area contributed by atoms with Crippen LogP contribution in [0.15, 0.2) is 43.1 Å². The third-order valence-corrected chi connectivity index (χ3v) is 9.38. The van der Waals surface area contributed by atoms with E-state index < -0.39 is 52.8 Å². The van der Waals surface area contributed by atoms with E-state index in [4.69, 9.17) is 21.1 Å². The maximum Gasteiger partial charge on any atom is 0.330 e. The highest BCUT2D eigenvalue weighted by molar-refractivity contribution is 6.31. The van der Waals surface area contributed by atoms with Gasteiger partial charge in [-0.05, 0) is 61.8 Å². The smallest absolute Gasteiger partial charge is 0.330 e. The van der Waals surface area contributed by atoms with Crippen LogP contribution in [0.4, 0.5) is 0 Å². The lowest BCUT2D eigenvalue weighted by Crippen LogP contribution is -2.54. The number of likely N-dealkylation sites (tertiary alicyclic amines) is 1. The molecule has 2 N–H and O–H groups in total. The Labute approximate surface area is 262 Å². The molecule has 2 amide bonds. The molecular formula is C33H40ClN3O7. The second-order valence-electron chi connectivity index (χ2n) is 13.3. The van der Waals surface area contributed by atoms with Gasteiger partial charge >= 0.3 is 11.9 Å². The Morgan fingerprint density at radius 3 is 2.57 bits per heavy atom. The van der Waals surface area contributed by atoms with Crippen molar-refractivity contribution in [2.24, 2.45) is 17.3 Å². The summed E-state index contributed by atoms with van der Waals surface area (Å²) in [5.74, 6) is -3.20. The molecule has 2 aromatic rings. The van der Waals surface area contributed by atoms with E-state index in [9.17, 15) is 24.3 Å². The Bertz CT molecular complexity index is 1470. The van der Waals surface area contributed by atoms with Crippen LogP contribution in [0.3, 0.4) is 0 Å². The van der Waals surface area contributed by atoms with Crippen LogP contribution in [0.1, 0.15) is 65.7 Å². The highest BCUT2D eigenvalue weighted by Gasteiger charge is 2.61. The van der Waals surface area contributed by atoms with E-state index in [0.29, 0.717) is 16.3 Å². The van der Waals surface area contributed by atoms with Gasteiger partial charge in [0.25, 0.3) is 0 Å². The summed E-state index contributed by atoms with van der Waals surface area (Å²) in [6.45, 7) is 9.41. The van der Waals surface area contributed by atoms with Gasteiger partial charge in [0.15, 0.2) is 0 Å². The SMILES string of the molecule is C=C[C@@H]1C[C@]1(NC(=O)[C@@H]1C[C@@H](Oc2ccnc3cc(Cl)ccc23)CN1C(=O)[C@@H](CC(=O)OC1CCCC1)C(C)(C)C)C(=O)O. The van der Waals surface area contributed by atoms with Crippen LogP contribution < -0.4 is 10.1 Å². The fourth-order valence-electron chi connectivity index (χ4n) is 6.44. The molecule has 2 saturated carbocycles. The Kier molecular flexibility index (Phi) is 8.94. The van der Waals surface area contributed by atoms with Crippen molar-refractivity contribution in [3.63, 3.8) is 0 Å². The number of nitrogens with zero attached hydrogens (tertiary/aromatic N) is 2. The summed E-state index contributed by atoms with van der Waals surface area (Å²) in [5, 5.41) is 13.9. The van der Waals surface area contributed by atoms with Crippen molar-refractivity contribution in [3.05, 3.63) is 48.1 Å². The molecule has 2 heterocycles. The lowest BCUT2D eigenvalue weighted by molar-refractivity contribution is -0.156. The highest BCUT2D eigenvalue weighted by Crippen LogP contribution is 2.45. The maximum absolute atomic E-state index is 14.3. The molecule has 3 fully saturated rings. The monoisotopic (exact) mass is 625 g/mol. The lowest BCUT2D eigenvalue weighted by atomic mass is 9.77. The summed E-state index contributed by atoms with van der Waals surface area (Å²) in [6, 6.07) is 5.96. The van der Waals surface area contributed by atoms with Gasteiger partial charge in [-0.1, -0.05) is 38.4 Å². The first-order valence-corrected chi connectivity index (χ1v) is 15.6. The molecule has 5 atom stereocenters. The molecule has 2 aliphatic carbocycles. The molecule has 3 aliphatic rings. The number of aromatic nitrogens is 1. The zero-order chi connectivity index (χ0) is 31.8. The van der Waals surface area contributed by atoms with E-state index in [1.807, 2.05) is 20.8 Å². The van der Waals surface area contributed by atoms with Gasteiger partial charge in [-0.25, -0.2) is 4.79 Å². The van der Waals surface area contributed by atoms with Gasteiger partial charge in [-0.15, -0.1) is 6.58 Å². The number of nitrogens with one attached hydrogen (secondary N) is 1. The third kappa shape index (κ3) is 6.55. The Morgan fingerprint density at radius 2 is 1.93 bits per heavy atom. The minimum atomic E-state index is -1.46. The van der Waals surface area contributed by atoms with Gasteiger partial charge in [0.1, 0.15) is 29.5 Å². The van der Waals surface area contributed by atoms with Gasteiger partial charge < -0.3 is 24.8 Å². The number of esters is 1. The largest absolute Gasteiger partial charge is 0.488 e. The fraction of sp³-hybridized carbons (Fsp3) is 0.545. The van der Waals surface area contributed by atoms with E-state index in [0.717, 1.165) is 31.1 Å². The molecule has 11 heteroatoms. The number of rotatable bonds is 10. The van der Waals surface area contributed by atoms with Crippen LogP contribution >= 0.6 is 11.6 Å². The third-order valence-electron chi connectivity index (χ3n) is 9.15. The zero-order valence-corrected chi connectivity index (χ0v) is 26.1. The molecule has 0 unspecified atom stereocenters. The van der Waals surface area contributed by atoms with Crippen molar-refractivity contribution in [1.82, 2.24) is 15.2 Å². The predicted octanol–water partition coefficient (Wildman–Crippen LogP) is 4.92. The van der Waals surface area contributed by atoms with Gasteiger partial charge in [0.2, 0.25) is 11.8 Å². The number of ether oxygens (including phenoxy) is 2. The molecule has 0 bridgehead atoms. The number of pyridine rings is 1. The molecule has 10 nitrogen and oxygen atoms in total. The molecule has 1 saturated heterocycles. The summed E-state index contributed by atoms with van der Waals surface area (Å²) in [7, 11) is 0. The van der Waals surface area contributed by atoms with Crippen LogP contribution in [-0.4, -0.2) is 69.1 Å². The van der Waals surface area contributed by atoms with E-state index in [2.05, 4.69) is 16.9 Å². The second-order valence-corrected chi connectivity index (χ2v) is 13.7. The predicted molar refractivity (Wildman–Crippen MR) is 164 cm³/mol. The fourth-order valence-corrected chi connectivity index (χ4v) is 6.61. The number of benzene rings is 1. The second kappa shape index (κ2) is 12.4.